The second kappa shape index (κ2) is 6.29. The van der Waals surface area contributed by atoms with Crippen LogP contribution in [0.2, 0.25) is 0 Å². The lowest BCUT2D eigenvalue weighted by molar-refractivity contribution is -0.149. The Morgan fingerprint density at radius 2 is 2.06 bits per heavy atom. The van der Waals surface area contributed by atoms with Gasteiger partial charge in [-0.3, -0.25) is 0 Å². The molecule has 2 atom stereocenters. The van der Waals surface area contributed by atoms with Crippen LogP contribution in [0, 0.1) is 0 Å². The highest BCUT2D eigenvalue weighted by Gasteiger charge is 2.30. The van der Waals surface area contributed by atoms with Crippen molar-refractivity contribution >= 4 is 23.8 Å². The third-order valence-electron chi connectivity index (χ3n) is 3.16. The summed E-state index contributed by atoms with van der Waals surface area (Å²) in [6.45, 7) is 1.95. The Labute approximate surface area is 110 Å². The van der Waals surface area contributed by atoms with E-state index in [2.05, 4.69) is 5.32 Å². The summed E-state index contributed by atoms with van der Waals surface area (Å²) in [6, 6.07) is -0.0716. The lowest BCUT2D eigenvalue weighted by Crippen LogP contribution is -2.46. The van der Waals surface area contributed by atoms with Crippen LogP contribution in [-0.2, 0) is 9.53 Å². The van der Waals surface area contributed by atoms with Gasteiger partial charge in [-0.1, -0.05) is 0 Å². The van der Waals surface area contributed by atoms with Gasteiger partial charge in [-0.05, 0) is 12.8 Å². The molecule has 2 saturated heterocycles. The molecule has 6 nitrogen and oxygen atoms in total. The number of hydrogen-bond acceptors (Lipinski definition) is 4. The predicted molar refractivity (Wildman–Crippen MR) is 67.8 cm³/mol. The molecule has 102 valence electrons. The first-order chi connectivity index (χ1) is 8.66. The van der Waals surface area contributed by atoms with Crippen LogP contribution < -0.4 is 5.32 Å². The van der Waals surface area contributed by atoms with Crippen LogP contribution in [0.5, 0.6) is 0 Å². The summed E-state index contributed by atoms with van der Waals surface area (Å²) < 4.78 is 5.32. The van der Waals surface area contributed by atoms with Crippen molar-refractivity contribution in [3.8, 4) is 0 Å². The molecule has 0 spiro atoms. The van der Waals surface area contributed by atoms with Crippen molar-refractivity contribution in [1.29, 1.82) is 0 Å². The number of carboxylic acids is 1. The maximum Gasteiger partial charge on any atom is 0.332 e. The SMILES string of the molecule is O=C(O)C1CCC(CNC(=O)N2CCSCC2)O1. The summed E-state index contributed by atoms with van der Waals surface area (Å²) in [5.41, 5.74) is 0. The number of carbonyl (C=O) groups excluding carboxylic acids is 1. The fraction of sp³-hybridized carbons (Fsp3) is 0.818. The van der Waals surface area contributed by atoms with E-state index in [9.17, 15) is 9.59 Å². The second-order valence-electron chi connectivity index (χ2n) is 4.45. The van der Waals surface area contributed by atoms with Gasteiger partial charge in [0.25, 0.3) is 0 Å². The maximum atomic E-state index is 11.8. The van der Waals surface area contributed by atoms with Crippen molar-refractivity contribution in [2.45, 2.75) is 25.0 Å². The van der Waals surface area contributed by atoms with Crippen LogP contribution in [0.25, 0.3) is 0 Å². The Bertz CT molecular complexity index is 320. The minimum absolute atomic E-state index is 0.0716. The minimum atomic E-state index is -0.920. The van der Waals surface area contributed by atoms with Crippen molar-refractivity contribution in [2.24, 2.45) is 0 Å². The molecule has 0 aromatic carbocycles. The minimum Gasteiger partial charge on any atom is -0.479 e. The number of amides is 2. The Balaban J connectivity index is 1.68. The summed E-state index contributed by atoms with van der Waals surface area (Å²) in [4.78, 5) is 24.3. The number of rotatable bonds is 3. The zero-order valence-corrected chi connectivity index (χ0v) is 10.9. The molecule has 2 fully saturated rings. The summed E-state index contributed by atoms with van der Waals surface area (Å²) in [6.07, 6.45) is 0.330. The summed E-state index contributed by atoms with van der Waals surface area (Å²) in [5, 5.41) is 11.6. The van der Waals surface area contributed by atoms with Crippen LogP contribution in [0.15, 0.2) is 0 Å². The summed E-state index contributed by atoms with van der Waals surface area (Å²) >= 11 is 1.85. The van der Waals surface area contributed by atoms with E-state index in [0.717, 1.165) is 24.6 Å². The van der Waals surface area contributed by atoms with Gasteiger partial charge in [-0.15, -0.1) is 0 Å². The van der Waals surface area contributed by atoms with E-state index >= 15 is 0 Å². The molecule has 2 aliphatic heterocycles. The van der Waals surface area contributed by atoms with Gasteiger partial charge in [0, 0.05) is 31.1 Å². The first kappa shape index (κ1) is 13.5. The molecular formula is C11H18N2O4S. The Hall–Kier alpha value is -0.950. The smallest absolute Gasteiger partial charge is 0.332 e. The fourth-order valence-corrected chi connectivity index (χ4v) is 3.02. The van der Waals surface area contributed by atoms with Crippen molar-refractivity contribution in [3.05, 3.63) is 0 Å². The van der Waals surface area contributed by atoms with Gasteiger partial charge in [0.1, 0.15) is 0 Å². The number of hydrogen-bond donors (Lipinski definition) is 2. The molecule has 0 aromatic rings. The van der Waals surface area contributed by atoms with Gasteiger partial charge in [0.05, 0.1) is 6.10 Å². The lowest BCUT2D eigenvalue weighted by atomic mass is 10.2. The van der Waals surface area contributed by atoms with Gasteiger partial charge in [0.15, 0.2) is 6.10 Å². The molecule has 2 N–H and O–H groups in total. The molecule has 0 bridgehead atoms. The Kier molecular flexibility index (Phi) is 4.71. The molecule has 0 aromatic heterocycles. The number of carboxylic acid groups (broad SMARTS) is 1. The zero-order valence-electron chi connectivity index (χ0n) is 10.1. The number of thioether (sulfide) groups is 1. The van der Waals surface area contributed by atoms with Crippen LogP contribution in [0.1, 0.15) is 12.8 Å². The van der Waals surface area contributed by atoms with E-state index in [1.54, 1.807) is 4.90 Å². The van der Waals surface area contributed by atoms with Gasteiger partial charge in [-0.2, -0.15) is 11.8 Å². The molecule has 2 rings (SSSR count). The number of nitrogens with zero attached hydrogens (tertiary/aromatic N) is 1. The van der Waals surface area contributed by atoms with Crippen LogP contribution in [-0.4, -0.2) is 65.4 Å². The van der Waals surface area contributed by atoms with Gasteiger partial charge in [-0.25, -0.2) is 9.59 Å². The number of aliphatic carboxylic acids is 1. The molecule has 2 heterocycles. The molecule has 7 heteroatoms. The van der Waals surface area contributed by atoms with Crippen LogP contribution in [0.4, 0.5) is 4.79 Å². The predicted octanol–water partition coefficient (Wildman–Crippen LogP) is 0.377. The van der Waals surface area contributed by atoms with E-state index in [0.29, 0.717) is 19.4 Å². The largest absolute Gasteiger partial charge is 0.479 e. The molecule has 0 aliphatic carbocycles. The highest BCUT2D eigenvalue weighted by molar-refractivity contribution is 7.99. The highest BCUT2D eigenvalue weighted by atomic mass is 32.2. The first-order valence-corrected chi connectivity index (χ1v) is 7.31. The average Bonchev–Trinajstić information content (AvgIpc) is 2.86. The van der Waals surface area contributed by atoms with E-state index in [4.69, 9.17) is 9.84 Å². The first-order valence-electron chi connectivity index (χ1n) is 6.15. The quantitative estimate of drug-likeness (QED) is 0.777. The van der Waals surface area contributed by atoms with Crippen molar-refractivity contribution in [3.63, 3.8) is 0 Å². The normalized spacial score (nSPS) is 28.1. The van der Waals surface area contributed by atoms with Crippen molar-refractivity contribution in [2.75, 3.05) is 31.1 Å². The van der Waals surface area contributed by atoms with Crippen molar-refractivity contribution < 1.29 is 19.4 Å². The Morgan fingerprint density at radius 1 is 1.33 bits per heavy atom. The van der Waals surface area contributed by atoms with E-state index < -0.39 is 12.1 Å². The van der Waals surface area contributed by atoms with Gasteiger partial charge in [0.2, 0.25) is 0 Å². The zero-order chi connectivity index (χ0) is 13.0. The standard InChI is InChI=1S/C11H18N2O4S/c14-10(15)9-2-1-8(17-9)7-12-11(16)13-3-5-18-6-4-13/h8-9H,1-7H2,(H,12,16)(H,14,15). The molecule has 0 saturated carbocycles. The van der Waals surface area contributed by atoms with Gasteiger partial charge < -0.3 is 20.1 Å². The number of ether oxygens (including phenoxy) is 1. The molecule has 2 aliphatic rings. The third kappa shape index (κ3) is 3.52. The maximum absolute atomic E-state index is 11.8. The molecule has 0 radical (unpaired) electrons. The fourth-order valence-electron chi connectivity index (χ4n) is 2.12. The monoisotopic (exact) mass is 274 g/mol. The third-order valence-corrected chi connectivity index (χ3v) is 4.10. The lowest BCUT2D eigenvalue weighted by Gasteiger charge is -2.27. The number of nitrogens with one attached hydrogen (secondary N) is 1. The van der Waals surface area contributed by atoms with Gasteiger partial charge >= 0.3 is 12.0 Å². The molecular weight excluding hydrogens is 256 g/mol. The summed E-state index contributed by atoms with van der Waals surface area (Å²) in [7, 11) is 0. The second-order valence-corrected chi connectivity index (χ2v) is 5.67. The van der Waals surface area contributed by atoms with Crippen LogP contribution >= 0.6 is 11.8 Å². The van der Waals surface area contributed by atoms with Crippen LogP contribution in [0.3, 0.4) is 0 Å². The summed E-state index contributed by atoms with van der Waals surface area (Å²) in [5.74, 6) is 1.04. The van der Waals surface area contributed by atoms with E-state index in [1.165, 1.54) is 0 Å². The molecule has 2 unspecified atom stereocenters. The number of urea groups is 1. The molecule has 18 heavy (non-hydrogen) atoms. The highest BCUT2D eigenvalue weighted by Crippen LogP contribution is 2.19. The molecule has 2 amide bonds. The van der Waals surface area contributed by atoms with E-state index in [-0.39, 0.29) is 12.1 Å². The van der Waals surface area contributed by atoms with Crippen molar-refractivity contribution in [1.82, 2.24) is 10.2 Å². The van der Waals surface area contributed by atoms with E-state index in [1.807, 2.05) is 11.8 Å². The Morgan fingerprint density at radius 3 is 2.67 bits per heavy atom. The topological polar surface area (TPSA) is 78.9 Å². The average molecular weight is 274 g/mol. The number of carbonyl (C=O) groups is 2.